The van der Waals surface area contributed by atoms with E-state index in [1.165, 1.54) is 23.5 Å². The van der Waals surface area contributed by atoms with E-state index in [2.05, 4.69) is 5.32 Å². The van der Waals surface area contributed by atoms with Crippen molar-refractivity contribution in [3.05, 3.63) is 46.3 Å². The van der Waals surface area contributed by atoms with Crippen molar-refractivity contribution < 1.29 is 13.6 Å². The zero-order valence-corrected chi connectivity index (χ0v) is 12.0. The molecule has 2 aromatic rings. The van der Waals surface area contributed by atoms with E-state index in [0.29, 0.717) is 21.1 Å². The van der Waals surface area contributed by atoms with Crippen molar-refractivity contribution in [3.63, 3.8) is 0 Å². The fourth-order valence-electron chi connectivity index (χ4n) is 2.06. The molecule has 0 saturated heterocycles. The maximum atomic E-state index is 13.5. The molecule has 1 aromatic heterocycles. The molecule has 0 atom stereocenters. The molecule has 21 heavy (non-hydrogen) atoms. The lowest BCUT2D eigenvalue weighted by molar-refractivity contribution is 0.0972. The quantitative estimate of drug-likeness (QED) is 0.826. The number of ketones is 1. The van der Waals surface area contributed by atoms with Crippen molar-refractivity contribution in [2.24, 2.45) is 5.92 Å². The third-order valence-electron chi connectivity index (χ3n) is 3.40. The molecule has 0 bridgehead atoms. The zero-order valence-electron chi connectivity index (χ0n) is 11.2. The van der Waals surface area contributed by atoms with Crippen LogP contribution in [0.5, 0.6) is 0 Å². The van der Waals surface area contributed by atoms with Gasteiger partial charge in [0, 0.05) is 24.1 Å². The molecule has 0 spiro atoms. The Bertz CT molecular complexity index is 695. The number of nitrogens with one attached hydrogen (secondary N) is 1. The van der Waals surface area contributed by atoms with Crippen molar-refractivity contribution in [2.45, 2.75) is 19.4 Å². The van der Waals surface area contributed by atoms with Crippen LogP contribution in [0.15, 0.2) is 24.3 Å². The SMILES string of the molecule is Nc1cc(NCc2ccc(F)cc2F)sc1C(=O)C1CC1. The van der Waals surface area contributed by atoms with E-state index in [4.69, 9.17) is 5.73 Å². The molecule has 0 aliphatic heterocycles. The van der Waals surface area contributed by atoms with Crippen LogP contribution in [0.4, 0.5) is 19.5 Å². The fraction of sp³-hybridized carbons (Fsp3) is 0.267. The second-order valence-corrected chi connectivity index (χ2v) is 6.18. The number of halogens is 2. The van der Waals surface area contributed by atoms with Gasteiger partial charge in [-0.3, -0.25) is 4.79 Å². The van der Waals surface area contributed by atoms with Crippen LogP contribution >= 0.6 is 11.3 Å². The predicted molar refractivity (Wildman–Crippen MR) is 79.5 cm³/mol. The lowest BCUT2D eigenvalue weighted by Crippen LogP contribution is -2.01. The first-order valence-electron chi connectivity index (χ1n) is 6.66. The van der Waals surface area contributed by atoms with Crippen molar-refractivity contribution in [1.29, 1.82) is 0 Å². The minimum absolute atomic E-state index is 0.0958. The summed E-state index contributed by atoms with van der Waals surface area (Å²) in [6, 6.07) is 5.14. The first kappa shape index (κ1) is 14.0. The number of carbonyl (C=O) groups is 1. The first-order chi connectivity index (χ1) is 10.0. The summed E-state index contributed by atoms with van der Waals surface area (Å²) < 4.78 is 26.3. The van der Waals surface area contributed by atoms with Gasteiger partial charge in [0.15, 0.2) is 5.78 Å². The second kappa shape index (κ2) is 5.44. The lowest BCUT2D eigenvalue weighted by Gasteiger charge is -2.05. The van der Waals surface area contributed by atoms with Crippen LogP contribution in [0.25, 0.3) is 0 Å². The molecule has 0 amide bonds. The Morgan fingerprint density at radius 3 is 2.76 bits per heavy atom. The van der Waals surface area contributed by atoms with Gasteiger partial charge in [-0.1, -0.05) is 6.07 Å². The number of carbonyl (C=O) groups excluding carboxylic acids is 1. The summed E-state index contributed by atoms with van der Waals surface area (Å²) in [5, 5.41) is 3.73. The maximum Gasteiger partial charge on any atom is 0.178 e. The number of rotatable bonds is 5. The van der Waals surface area contributed by atoms with Gasteiger partial charge in [0.2, 0.25) is 0 Å². The molecule has 3 nitrogen and oxygen atoms in total. The summed E-state index contributed by atoms with van der Waals surface area (Å²) in [5.41, 5.74) is 6.67. The third-order valence-corrected chi connectivity index (χ3v) is 4.52. The molecule has 1 aromatic carbocycles. The fourth-order valence-corrected chi connectivity index (χ4v) is 3.06. The predicted octanol–water partition coefficient (Wildman–Crippen LogP) is 3.81. The smallest absolute Gasteiger partial charge is 0.178 e. The summed E-state index contributed by atoms with van der Waals surface area (Å²) in [6.07, 6.45) is 1.86. The van der Waals surface area contributed by atoms with Crippen LogP contribution in [0.2, 0.25) is 0 Å². The van der Waals surface area contributed by atoms with Crippen LogP contribution in [-0.2, 0) is 6.54 Å². The summed E-state index contributed by atoms with van der Waals surface area (Å²) >= 11 is 1.28. The average molecular weight is 308 g/mol. The van der Waals surface area contributed by atoms with Gasteiger partial charge in [0.1, 0.15) is 11.6 Å². The van der Waals surface area contributed by atoms with Gasteiger partial charge < -0.3 is 11.1 Å². The van der Waals surface area contributed by atoms with Gasteiger partial charge in [0.25, 0.3) is 0 Å². The van der Waals surface area contributed by atoms with Crippen molar-refractivity contribution >= 4 is 27.8 Å². The molecule has 0 unspecified atom stereocenters. The molecule has 1 heterocycles. The van der Waals surface area contributed by atoms with E-state index in [0.717, 1.165) is 18.9 Å². The number of anilines is 2. The highest BCUT2D eigenvalue weighted by Crippen LogP contribution is 2.38. The number of nitrogen functional groups attached to an aromatic ring is 1. The molecular formula is C15H14F2N2OS. The second-order valence-electron chi connectivity index (χ2n) is 5.12. The van der Waals surface area contributed by atoms with Crippen molar-refractivity contribution in [3.8, 4) is 0 Å². The van der Waals surface area contributed by atoms with Crippen LogP contribution in [0.1, 0.15) is 28.1 Å². The number of hydrogen-bond acceptors (Lipinski definition) is 4. The third kappa shape index (κ3) is 3.05. The Balaban J connectivity index is 1.70. The van der Waals surface area contributed by atoms with Gasteiger partial charge in [-0.05, 0) is 25.0 Å². The molecule has 1 aliphatic rings. The lowest BCUT2D eigenvalue weighted by atomic mass is 10.2. The minimum Gasteiger partial charge on any atom is -0.397 e. The number of thiophene rings is 1. The topological polar surface area (TPSA) is 55.1 Å². The van der Waals surface area contributed by atoms with Gasteiger partial charge in [-0.25, -0.2) is 8.78 Å². The maximum absolute atomic E-state index is 13.5. The molecule has 3 rings (SSSR count). The minimum atomic E-state index is -0.603. The van der Waals surface area contributed by atoms with Crippen molar-refractivity contribution in [2.75, 3.05) is 11.1 Å². The van der Waals surface area contributed by atoms with Gasteiger partial charge in [0.05, 0.1) is 15.6 Å². The van der Waals surface area contributed by atoms with Crippen LogP contribution < -0.4 is 11.1 Å². The molecule has 3 N–H and O–H groups in total. The summed E-state index contributed by atoms with van der Waals surface area (Å²) in [7, 11) is 0. The normalized spacial score (nSPS) is 14.2. The first-order valence-corrected chi connectivity index (χ1v) is 7.47. The average Bonchev–Trinajstić information content (AvgIpc) is 3.21. The summed E-state index contributed by atoms with van der Waals surface area (Å²) in [5.74, 6) is -0.984. The zero-order chi connectivity index (χ0) is 15.0. The van der Waals surface area contributed by atoms with E-state index >= 15 is 0 Å². The highest BCUT2D eigenvalue weighted by molar-refractivity contribution is 7.18. The van der Waals surface area contributed by atoms with E-state index in [1.807, 2.05) is 0 Å². The monoisotopic (exact) mass is 308 g/mol. The Morgan fingerprint density at radius 1 is 1.33 bits per heavy atom. The van der Waals surface area contributed by atoms with Crippen LogP contribution in [0, 0.1) is 17.6 Å². The summed E-state index contributed by atoms with van der Waals surface area (Å²) in [4.78, 5) is 12.6. The van der Waals surface area contributed by atoms with E-state index in [-0.39, 0.29) is 18.2 Å². The molecule has 1 aliphatic carbocycles. The van der Waals surface area contributed by atoms with Crippen molar-refractivity contribution in [1.82, 2.24) is 0 Å². The van der Waals surface area contributed by atoms with Crippen LogP contribution in [-0.4, -0.2) is 5.78 Å². The Hall–Kier alpha value is -1.95. The Morgan fingerprint density at radius 2 is 2.10 bits per heavy atom. The number of nitrogens with two attached hydrogens (primary N) is 1. The highest BCUT2D eigenvalue weighted by Gasteiger charge is 2.32. The number of Topliss-reactive ketones (excluding diaryl/α,β-unsaturated/α-hetero) is 1. The van der Waals surface area contributed by atoms with Gasteiger partial charge >= 0.3 is 0 Å². The summed E-state index contributed by atoms with van der Waals surface area (Å²) in [6.45, 7) is 0.211. The highest BCUT2D eigenvalue weighted by atomic mass is 32.1. The van der Waals surface area contributed by atoms with E-state index in [1.54, 1.807) is 6.07 Å². The van der Waals surface area contributed by atoms with E-state index in [9.17, 15) is 13.6 Å². The Kier molecular flexibility index (Phi) is 3.63. The van der Waals surface area contributed by atoms with Gasteiger partial charge in [-0.2, -0.15) is 0 Å². The van der Waals surface area contributed by atoms with Gasteiger partial charge in [-0.15, -0.1) is 11.3 Å². The number of hydrogen-bond donors (Lipinski definition) is 2. The molecule has 1 saturated carbocycles. The Labute approximate surface area is 124 Å². The van der Waals surface area contributed by atoms with Crippen LogP contribution in [0.3, 0.4) is 0 Å². The molecule has 0 radical (unpaired) electrons. The standard InChI is InChI=1S/C15H14F2N2OS/c16-10-4-3-9(11(17)5-10)7-19-13-6-12(18)15(21-13)14(20)8-1-2-8/h3-6,8,19H,1-2,7,18H2. The molecular weight excluding hydrogens is 294 g/mol. The van der Waals surface area contributed by atoms with E-state index < -0.39 is 11.6 Å². The molecule has 6 heteroatoms. The molecule has 110 valence electrons. The largest absolute Gasteiger partial charge is 0.397 e. The number of benzene rings is 1. The molecule has 1 fully saturated rings.